The molecule has 64 heavy (non-hydrogen) atoms. The topological polar surface area (TPSA) is 198 Å². The summed E-state index contributed by atoms with van der Waals surface area (Å²) in [5, 5.41) is 16.7. The molecule has 3 aromatic heterocycles. The fourth-order valence-corrected chi connectivity index (χ4v) is 10.3. The molecule has 3 atom stereocenters. The smallest absolute Gasteiger partial charge is 0.284 e. The molecule has 338 valence electrons. The number of hydrogen-bond donors (Lipinski definition) is 3. The number of anilines is 3. The zero-order valence-electron chi connectivity index (χ0n) is 35.3. The molecule has 1 aliphatic carbocycles. The lowest BCUT2D eigenvalue weighted by Crippen LogP contribution is -2.64. The molecule has 5 amide bonds. The summed E-state index contributed by atoms with van der Waals surface area (Å²) in [7, 11) is 0. The van der Waals surface area contributed by atoms with Gasteiger partial charge in [-0.1, -0.05) is 6.07 Å². The lowest BCUT2D eigenvalue weighted by molar-refractivity contribution is -0.136. The first kappa shape index (κ1) is 42.1. The van der Waals surface area contributed by atoms with E-state index < -0.39 is 47.7 Å². The molecule has 5 aliphatic heterocycles. The number of halogens is 2. The molecule has 10 rings (SSSR count). The summed E-state index contributed by atoms with van der Waals surface area (Å²) in [5.41, 5.74) is 1.08. The lowest BCUT2D eigenvalue weighted by atomic mass is 9.85. The summed E-state index contributed by atoms with van der Waals surface area (Å²) in [4.78, 5) is 74.5. The van der Waals surface area contributed by atoms with Crippen molar-refractivity contribution in [3.05, 3.63) is 65.2 Å². The van der Waals surface area contributed by atoms with E-state index in [4.69, 9.17) is 14.5 Å². The van der Waals surface area contributed by atoms with Crippen molar-refractivity contribution in [2.75, 3.05) is 61.5 Å². The normalized spacial score (nSPS) is 25.2. The van der Waals surface area contributed by atoms with E-state index in [-0.39, 0.29) is 59.4 Å². The van der Waals surface area contributed by atoms with Crippen LogP contribution < -0.4 is 20.9 Å². The van der Waals surface area contributed by atoms with Gasteiger partial charge in [-0.2, -0.15) is 10.2 Å². The molecular formula is C44H51F2N11O7. The van der Waals surface area contributed by atoms with E-state index in [0.29, 0.717) is 50.0 Å². The Balaban J connectivity index is 0.657. The third-order valence-electron chi connectivity index (χ3n) is 13.7. The summed E-state index contributed by atoms with van der Waals surface area (Å²) in [5.74, 6) is -1.49. The van der Waals surface area contributed by atoms with Gasteiger partial charge in [-0.05, 0) is 81.9 Å². The minimum Gasteiger partial charge on any atom is -0.384 e. The zero-order valence-corrected chi connectivity index (χ0v) is 35.3. The molecule has 1 saturated carbocycles. The Kier molecular flexibility index (Phi) is 11.6. The number of fused-ring (bicyclic) bond motifs is 4. The Hall–Kier alpha value is -5.86. The highest BCUT2D eigenvalue weighted by Gasteiger charge is 2.46. The number of nitrogens with zero attached hydrogens (tertiary/aromatic N) is 8. The molecule has 1 aromatic carbocycles. The maximum Gasteiger partial charge on any atom is 0.284 e. The molecule has 8 heterocycles. The Labute approximate surface area is 367 Å². The van der Waals surface area contributed by atoms with Crippen LogP contribution in [0.3, 0.4) is 0 Å². The van der Waals surface area contributed by atoms with Crippen molar-refractivity contribution >= 4 is 52.4 Å². The predicted octanol–water partition coefficient (Wildman–Crippen LogP) is 4.21. The Bertz CT molecular complexity index is 2450. The van der Waals surface area contributed by atoms with Crippen molar-refractivity contribution < 1.29 is 42.2 Å². The SMILES string of the molecule is O=C1CCC(N2C(=O)c3cccc(NCCCOC4CCN(CC5CCC(n6cc(NC(=O)c7cnn8ccc(N9C%10COCC9C%10)nc78)c(C(F)F)n6)CC5)CC4)c3C2=O)C(=O)N1. The van der Waals surface area contributed by atoms with Gasteiger partial charge in [0.2, 0.25) is 11.8 Å². The van der Waals surface area contributed by atoms with Gasteiger partial charge in [0.25, 0.3) is 24.1 Å². The second kappa shape index (κ2) is 17.6. The largest absolute Gasteiger partial charge is 0.384 e. The quantitative estimate of drug-likeness (QED) is 0.120. The maximum absolute atomic E-state index is 14.3. The Morgan fingerprint density at radius 1 is 0.953 bits per heavy atom. The number of hydrogen-bond acceptors (Lipinski definition) is 13. The number of carbonyl (C=O) groups is 5. The van der Waals surface area contributed by atoms with Gasteiger partial charge >= 0.3 is 0 Å². The molecule has 0 spiro atoms. The van der Waals surface area contributed by atoms with Gasteiger partial charge < -0.3 is 29.9 Å². The second-order valence-electron chi connectivity index (χ2n) is 17.8. The number of benzene rings is 1. The maximum atomic E-state index is 14.3. The van der Waals surface area contributed by atoms with Crippen LogP contribution in [0, 0.1) is 5.92 Å². The summed E-state index contributed by atoms with van der Waals surface area (Å²) in [6, 6.07) is 6.31. The summed E-state index contributed by atoms with van der Waals surface area (Å²) in [6.07, 6.45) is 9.19. The first-order valence-electron chi connectivity index (χ1n) is 22.4. The van der Waals surface area contributed by atoms with Gasteiger partial charge in [0, 0.05) is 57.3 Å². The highest BCUT2D eigenvalue weighted by atomic mass is 19.3. The predicted molar refractivity (Wildman–Crippen MR) is 226 cm³/mol. The average molecular weight is 884 g/mol. The van der Waals surface area contributed by atoms with E-state index in [1.54, 1.807) is 29.1 Å². The van der Waals surface area contributed by atoms with Crippen molar-refractivity contribution in [2.24, 2.45) is 5.92 Å². The second-order valence-corrected chi connectivity index (χ2v) is 17.8. The number of carbonyl (C=O) groups excluding carboxylic acids is 5. The fourth-order valence-electron chi connectivity index (χ4n) is 10.3. The number of piperidine rings is 2. The van der Waals surface area contributed by atoms with Crippen LogP contribution in [0.4, 0.5) is 26.0 Å². The van der Waals surface area contributed by atoms with Crippen molar-refractivity contribution in [3.8, 4) is 0 Å². The molecule has 6 aliphatic rings. The highest BCUT2D eigenvalue weighted by Crippen LogP contribution is 2.38. The van der Waals surface area contributed by atoms with Crippen LogP contribution in [0.2, 0.25) is 0 Å². The van der Waals surface area contributed by atoms with Crippen molar-refractivity contribution in [1.82, 2.24) is 39.5 Å². The Morgan fingerprint density at radius 2 is 1.75 bits per heavy atom. The van der Waals surface area contributed by atoms with E-state index in [1.807, 2.05) is 6.07 Å². The number of alkyl halides is 2. The Morgan fingerprint density at radius 3 is 2.50 bits per heavy atom. The van der Waals surface area contributed by atoms with E-state index >= 15 is 0 Å². The standard InChI is InChI=1S/C44H51F2N11O7/c45-39(46)38-33(49-41(59)31-20-48-54-17-13-35(50-40(31)54)56-27-19-28(56)24-63-23-27)22-55(52-38)26-7-5-25(6-8-26)21-53-15-11-29(12-16-53)64-18-2-14-47-32-4-1-3-30-37(32)44(62)57(43(30)61)34-9-10-36(58)51-42(34)60/h1,3-4,13,17,20,22,25-29,34,39,47H,2,5-12,14-16,18-19,21,23-24H2,(H,49,59)(H,51,58,60). The third kappa shape index (κ3) is 8.10. The van der Waals surface area contributed by atoms with Crippen LogP contribution in [0.15, 0.2) is 42.9 Å². The molecule has 4 aromatic rings. The number of likely N-dealkylation sites (tertiary alicyclic amines) is 1. The van der Waals surface area contributed by atoms with Gasteiger partial charge in [0.05, 0.1) is 60.5 Å². The molecular weight excluding hydrogens is 833 g/mol. The van der Waals surface area contributed by atoms with Crippen LogP contribution in [0.25, 0.3) is 5.65 Å². The molecule has 0 radical (unpaired) electrons. The molecule has 18 nitrogen and oxygen atoms in total. The van der Waals surface area contributed by atoms with Gasteiger partial charge in [-0.3, -0.25) is 38.9 Å². The van der Waals surface area contributed by atoms with Gasteiger partial charge in [-0.15, -0.1) is 0 Å². The van der Waals surface area contributed by atoms with Gasteiger partial charge in [0.1, 0.15) is 17.4 Å². The van der Waals surface area contributed by atoms with E-state index in [1.165, 1.54) is 16.9 Å². The van der Waals surface area contributed by atoms with Crippen LogP contribution in [-0.2, 0) is 19.1 Å². The zero-order chi connectivity index (χ0) is 44.1. The molecule has 20 heteroatoms. The van der Waals surface area contributed by atoms with E-state index in [9.17, 15) is 32.8 Å². The summed E-state index contributed by atoms with van der Waals surface area (Å²) >= 11 is 0. The number of morpholine rings is 1. The third-order valence-corrected chi connectivity index (χ3v) is 13.7. The first-order chi connectivity index (χ1) is 31.1. The van der Waals surface area contributed by atoms with E-state index in [2.05, 4.69) is 35.9 Å². The number of nitrogens with one attached hydrogen (secondary N) is 3. The number of imide groups is 2. The van der Waals surface area contributed by atoms with E-state index in [0.717, 1.165) is 75.3 Å². The highest BCUT2D eigenvalue weighted by molar-refractivity contribution is 6.25. The van der Waals surface area contributed by atoms with Gasteiger partial charge in [0.15, 0.2) is 11.3 Å². The summed E-state index contributed by atoms with van der Waals surface area (Å²) < 4.78 is 43.5. The minimum atomic E-state index is -2.87. The average Bonchev–Trinajstić information content (AvgIpc) is 3.99. The number of aromatic nitrogens is 5. The molecule has 2 bridgehead atoms. The van der Waals surface area contributed by atoms with Crippen molar-refractivity contribution in [2.45, 2.75) is 101 Å². The first-order valence-corrected chi connectivity index (χ1v) is 22.4. The van der Waals surface area contributed by atoms with Crippen LogP contribution >= 0.6 is 0 Å². The number of rotatable bonds is 14. The van der Waals surface area contributed by atoms with Crippen molar-refractivity contribution in [1.29, 1.82) is 0 Å². The summed E-state index contributed by atoms with van der Waals surface area (Å²) in [6.45, 7) is 5.15. The van der Waals surface area contributed by atoms with Crippen LogP contribution in [0.1, 0.15) is 113 Å². The number of amides is 5. The fraction of sp³-hybridized carbons (Fsp3) is 0.545. The van der Waals surface area contributed by atoms with Gasteiger partial charge in [-0.25, -0.2) is 18.3 Å². The monoisotopic (exact) mass is 883 g/mol. The molecule has 3 N–H and O–H groups in total. The van der Waals surface area contributed by atoms with Crippen LogP contribution in [-0.4, -0.2) is 134 Å². The van der Waals surface area contributed by atoms with Crippen molar-refractivity contribution in [3.63, 3.8) is 0 Å². The lowest BCUT2D eigenvalue weighted by Gasteiger charge is -2.53. The molecule has 3 unspecified atom stereocenters. The minimum absolute atomic E-state index is 0.0120. The van der Waals surface area contributed by atoms with Crippen LogP contribution in [0.5, 0.6) is 0 Å². The number of ether oxygens (including phenoxy) is 2. The molecule has 4 saturated heterocycles. The molecule has 5 fully saturated rings.